The van der Waals surface area contributed by atoms with Crippen molar-refractivity contribution in [1.29, 1.82) is 0 Å². The zero-order valence-electron chi connectivity index (χ0n) is 17.1. The quantitative estimate of drug-likeness (QED) is 0.794. The molecule has 28 heavy (non-hydrogen) atoms. The van der Waals surface area contributed by atoms with Crippen LogP contribution in [0.2, 0.25) is 0 Å². The fourth-order valence-corrected chi connectivity index (χ4v) is 3.57. The van der Waals surface area contributed by atoms with Crippen LogP contribution in [0.15, 0.2) is 30.6 Å². The van der Waals surface area contributed by atoms with Crippen LogP contribution < -0.4 is 10.1 Å². The second-order valence-electron chi connectivity index (χ2n) is 7.81. The Morgan fingerprint density at radius 3 is 3.04 bits per heavy atom. The van der Waals surface area contributed by atoms with E-state index in [0.717, 1.165) is 37.5 Å². The number of hydrogen-bond acceptors (Lipinski definition) is 4. The molecule has 152 valence electrons. The van der Waals surface area contributed by atoms with Crippen LogP contribution in [0.25, 0.3) is 0 Å². The van der Waals surface area contributed by atoms with Crippen molar-refractivity contribution in [2.24, 2.45) is 5.92 Å². The molecule has 0 unspecified atom stereocenters. The van der Waals surface area contributed by atoms with Crippen LogP contribution >= 0.6 is 0 Å². The average Bonchev–Trinajstić information content (AvgIpc) is 3.15. The molecule has 1 fully saturated rings. The first kappa shape index (κ1) is 20.2. The Labute approximate surface area is 167 Å². The number of urea groups is 1. The third kappa shape index (κ3) is 5.47. The molecule has 7 nitrogen and oxygen atoms in total. The first-order chi connectivity index (χ1) is 13.5. The van der Waals surface area contributed by atoms with E-state index in [9.17, 15) is 4.79 Å². The lowest BCUT2D eigenvalue weighted by Gasteiger charge is -2.32. The standard InChI is InChI=1S/C21H31N5O2/c1-16(2)26-15-23-24-20(26)9-10-22-21(27)25-11-5-7-18(13-25)14-28-19-8-4-6-17(3)12-19/h4,6,8,12,15-16,18H,5,7,9-11,13-14H2,1-3H3,(H,22,27)/t18-/m0/s1. The minimum Gasteiger partial charge on any atom is -0.493 e. The maximum Gasteiger partial charge on any atom is 0.317 e. The van der Waals surface area contributed by atoms with Crippen molar-refractivity contribution in [3.63, 3.8) is 0 Å². The van der Waals surface area contributed by atoms with Crippen molar-refractivity contribution in [1.82, 2.24) is 25.0 Å². The molecule has 0 spiro atoms. The Morgan fingerprint density at radius 1 is 1.39 bits per heavy atom. The fourth-order valence-electron chi connectivity index (χ4n) is 3.57. The van der Waals surface area contributed by atoms with Crippen LogP contribution in [-0.2, 0) is 6.42 Å². The summed E-state index contributed by atoms with van der Waals surface area (Å²) < 4.78 is 7.98. The second kappa shape index (κ2) is 9.57. The van der Waals surface area contributed by atoms with Crippen LogP contribution in [0.5, 0.6) is 5.75 Å². The predicted octanol–water partition coefficient (Wildman–Crippen LogP) is 3.21. The zero-order valence-corrected chi connectivity index (χ0v) is 17.1. The van der Waals surface area contributed by atoms with Gasteiger partial charge >= 0.3 is 6.03 Å². The highest BCUT2D eigenvalue weighted by molar-refractivity contribution is 5.74. The Bertz CT molecular complexity index is 774. The highest BCUT2D eigenvalue weighted by atomic mass is 16.5. The van der Waals surface area contributed by atoms with Gasteiger partial charge in [0.25, 0.3) is 0 Å². The van der Waals surface area contributed by atoms with Crippen LogP contribution in [0.3, 0.4) is 0 Å². The highest BCUT2D eigenvalue weighted by Crippen LogP contribution is 2.19. The van der Waals surface area contributed by atoms with Gasteiger partial charge in [0.2, 0.25) is 0 Å². The SMILES string of the molecule is Cc1cccc(OC[C@H]2CCCN(C(=O)NCCc3nncn3C(C)C)C2)c1. The van der Waals surface area contributed by atoms with Gasteiger partial charge in [-0.15, -0.1) is 10.2 Å². The molecule has 2 heterocycles. The van der Waals surface area contributed by atoms with E-state index in [2.05, 4.69) is 42.4 Å². The van der Waals surface area contributed by atoms with Gasteiger partial charge in [0.15, 0.2) is 0 Å². The summed E-state index contributed by atoms with van der Waals surface area (Å²) in [6.45, 7) is 8.99. The lowest BCUT2D eigenvalue weighted by Crippen LogP contribution is -2.47. The van der Waals surface area contributed by atoms with E-state index in [1.54, 1.807) is 6.33 Å². The number of nitrogens with one attached hydrogen (secondary N) is 1. The normalized spacial score (nSPS) is 17.0. The molecule has 1 saturated heterocycles. The molecule has 1 N–H and O–H groups in total. The number of carbonyl (C=O) groups is 1. The van der Waals surface area contributed by atoms with Crippen molar-refractivity contribution in [2.75, 3.05) is 26.2 Å². The van der Waals surface area contributed by atoms with Crippen molar-refractivity contribution >= 4 is 6.03 Å². The Morgan fingerprint density at radius 2 is 2.25 bits per heavy atom. The largest absolute Gasteiger partial charge is 0.493 e. The molecule has 7 heteroatoms. The number of piperidine rings is 1. The van der Waals surface area contributed by atoms with Gasteiger partial charge < -0.3 is 19.5 Å². The molecule has 2 aromatic rings. The smallest absolute Gasteiger partial charge is 0.317 e. The van der Waals surface area contributed by atoms with E-state index in [-0.39, 0.29) is 6.03 Å². The number of amides is 2. The van der Waals surface area contributed by atoms with E-state index in [0.29, 0.717) is 31.5 Å². The molecule has 0 bridgehead atoms. The molecule has 0 saturated carbocycles. The lowest BCUT2D eigenvalue weighted by atomic mass is 9.99. The van der Waals surface area contributed by atoms with E-state index in [1.807, 2.05) is 27.7 Å². The van der Waals surface area contributed by atoms with Gasteiger partial charge in [0.05, 0.1) is 6.61 Å². The van der Waals surface area contributed by atoms with Gasteiger partial charge in [-0.05, 0) is 51.3 Å². The van der Waals surface area contributed by atoms with E-state index >= 15 is 0 Å². The van der Waals surface area contributed by atoms with Crippen LogP contribution in [0.4, 0.5) is 4.79 Å². The molecular formula is C21H31N5O2. The maximum absolute atomic E-state index is 12.5. The van der Waals surface area contributed by atoms with Crippen molar-refractivity contribution in [3.8, 4) is 5.75 Å². The van der Waals surface area contributed by atoms with Gasteiger partial charge in [0.1, 0.15) is 17.9 Å². The number of rotatable bonds is 7. The third-order valence-corrected chi connectivity index (χ3v) is 5.11. The van der Waals surface area contributed by atoms with E-state index in [1.165, 1.54) is 5.56 Å². The van der Waals surface area contributed by atoms with E-state index in [4.69, 9.17) is 4.74 Å². The number of hydrogen-bond donors (Lipinski definition) is 1. The van der Waals surface area contributed by atoms with Gasteiger partial charge in [-0.3, -0.25) is 0 Å². The summed E-state index contributed by atoms with van der Waals surface area (Å²) in [6, 6.07) is 8.40. The lowest BCUT2D eigenvalue weighted by molar-refractivity contribution is 0.137. The van der Waals surface area contributed by atoms with Gasteiger partial charge in [-0.25, -0.2) is 4.79 Å². The minimum atomic E-state index is -0.00383. The Balaban J connectivity index is 1.43. The van der Waals surface area contributed by atoms with Gasteiger partial charge in [-0.2, -0.15) is 0 Å². The predicted molar refractivity (Wildman–Crippen MR) is 108 cm³/mol. The number of aromatic nitrogens is 3. The molecule has 1 atom stereocenters. The molecule has 1 aromatic carbocycles. The molecule has 0 radical (unpaired) electrons. The number of aryl methyl sites for hydroxylation is 1. The number of carbonyl (C=O) groups excluding carboxylic acids is 1. The monoisotopic (exact) mass is 385 g/mol. The number of nitrogens with zero attached hydrogens (tertiary/aromatic N) is 4. The topological polar surface area (TPSA) is 72.3 Å². The average molecular weight is 386 g/mol. The first-order valence-electron chi connectivity index (χ1n) is 10.1. The fraction of sp³-hybridized carbons (Fsp3) is 0.571. The number of benzene rings is 1. The van der Waals surface area contributed by atoms with Crippen LogP contribution in [0.1, 0.15) is 44.1 Å². The molecule has 1 aliphatic heterocycles. The number of ether oxygens (including phenoxy) is 1. The van der Waals surface area contributed by atoms with Crippen LogP contribution in [0, 0.1) is 12.8 Å². The minimum absolute atomic E-state index is 0.00383. The summed E-state index contributed by atoms with van der Waals surface area (Å²) in [5.41, 5.74) is 1.19. The molecule has 2 amide bonds. The molecule has 3 rings (SSSR count). The summed E-state index contributed by atoms with van der Waals surface area (Å²) in [5.74, 6) is 2.17. The van der Waals surface area contributed by atoms with Crippen molar-refractivity contribution in [2.45, 2.75) is 46.1 Å². The van der Waals surface area contributed by atoms with Gasteiger partial charge in [0, 0.05) is 38.0 Å². The molecule has 1 aromatic heterocycles. The summed E-state index contributed by atoms with van der Waals surface area (Å²) in [6.07, 6.45) is 4.52. The first-order valence-corrected chi connectivity index (χ1v) is 10.1. The number of likely N-dealkylation sites (tertiary alicyclic amines) is 1. The Kier molecular flexibility index (Phi) is 6.90. The zero-order chi connectivity index (χ0) is 19.9. The maximum atomic E-state index is 12.5. The summed E-state index contributed by atoms with van der Waals surface area (Å²) in [5, 5.41) is 11.1. The summed E-state index contributed by atoms with van der Waals surface area (Å²) in [4.78, 5) is 14.4. The molecule has 1 aliphatic rings. The van der Waals surface area contributed by atoms with Crippen LogP contribution in [-0.4, -0.2) is 51.9 Å². The van der Waals surface area contributed by atoms with Crippen molar-refractivity contribution < 1.29 is 9.53 Å². The van der Waals surface area contributed by atoms with E-state index < -0.39 is 0 Å². The molecule has 0 aliphatic carbocycles. The third-order valence-electron chi connectivity index (χ3n) is 5.11. The second-order valence-corrected chi connectivity index (χ2v) is 7.81. The summed E-state index contributed by atoms with van der Waals surface area (Å²) >= 11 is 0. The molecular weight excluding hydrogens is 354 g/mol. The highest BCUT2D eigenvalue weighted by Gasteiger charge is 2.24. The Hall–Kier alpha value is -2.57. The summed E-state index contributed by atoms with van der Waals surface area (Å²) in [7, 11) is 0. The van der Waals surface area contributed by atoms with Crippen molar-refractivity contribution in [3.05, 3.63) is 42.0 Å². The van der Waals surface area contributed by atoms with Gasteiger partial charge in [-0.1, -0.05) is 12.1 Å².